The van der Waals surface area contributed by atoms with E-state index in [9.17, 15) is 13.5 Å². The molecule has 1 heterocycles. The highest BCUT2D eigenvalue weighted by atomic mass is 32.2. The van der Waals surface area contributed by atoms with Gasteiger partial charge in [0.1, 0.15) is 0 Å². The van der Waals surface area contributed by atoms with Gasteiger partial charge < -0.3 is 5.11 Å². The average molecular weight is 322 g/mol. The first-order valence-corrected chi connectivity index (χ1v) is 8.91. The van der Waals surface area contributed by atoms with Crippen LogP contribution >= 0.6 is 0 Å². The molecule has 22 heavy (non-hydrogen) atoms. The number of pyridine rings is 1. The number of rotatable bonds is 7. The molecule has 0 aliphatic rings. The molecule has 1 N–H and O–H groups in total. The summed E-state index contributed by atoms with van der Waals surface area (Å²) < 4.78 is 27.2. The molecule has 5 nitrogen and oxygen atoms in total. The second kappa shape index (κ2) is 7.17. The molecule has 0 aliphatic heterocycles. The molecule has 6 heteroatoms. The Morgan fingerprint density at radius 1 is 1.23 bits per heavy atom. The summed E-state index contributed by atoms with van der Waals surface area (Å²) in [5.74, 6) is 0. The predicted molar refractivity (Wildman–Crippen MR) is 87.2 cm³/mol. The molecule has 1 aromatic carbocycles. The Kier molecular flexibility index (Phi) is 5.50. The molecule has 0 atom stereocenters. The Morgan fingerprint density at radius 3 is 2.68 bits per heavy atom. The Morgan fingerprint density at radius 2 is 2.00 bits per heavy atom. The van der Waals surface area contributed by atoms with E-state index in [1.165, 1.54) is 4.31 Å². The molecule has 2 aromatic rings. The Labute approximate surface area is 131 Å². The van der Waals surface area contributed by atoms with Gasteiger partial charge in [0.15, 0.2) is 0 Å². The Balaban J connectivity index is 2.55. The minimum absolute atomic E-state index is 0.109. The number of fused-ring (bicyclic) bond motifs is 1. The first-order valence-electron chi connectivity index (χ1n) is 7.47. The number of sulfonamides is 1. The van der Waals surface area contributed by atoms with Crippen LogP contribution in [-0.2, 0) is 10.0 Å². The van der Waals surface area contributed by atoms with E-state index in [0.29, 0.717) is 17.4 Å². The molecular formula is C16H22N2O3S. The van der Waals surface area contributed by atoms with E-state index in [0.717, 1.165) is 18.4 Å². The van der Waals surface area contributed by atoms with Crippen LogP contribution in [0.3, 0.4) is 0 Å². The zero-order chi connectivity index (χ0) is 16.2. The maximum absolute atomic E-state index is 12.9. The van der Waals surface area contributed by atoms with Crippen LogP contribution in [0.15, 0.2) is 35.4 Å². The molecule has 0 bridgehead atoms. The summed E-state index contributed by atoms with van der Waals surface area (Å²) in [7, 11) is -3.65. The van der Waals surface area contributed by atoms with Gasteiger partial charge in [0.05, 0.1) is 17.0 Å². The summed E-state index contributed by atoms with van der Waals surface area (Å²) in [5.41, 5.74) is 1.64. The highest BCUT2D eigenvalue weighted by Gasteiger charge is 2.25. The standard InChI is InChI=1S/C16H22N2O3S/c1-3-4-10-18(11-12-19)22(20,21)15-8-7-13(2)16-14(15)6-5-9-17-16/h5-9,19H,3-4,10-12H2,1-2H3. The molecule has 0 saturated heterocycles. The number of aliphatic hydroxyl groups excluding tert-OH is 1. The van der Waals surface area contributed by atoms with Crippen molar-refractivity contribution in [2.24, 2.45) is 0 Å². The van der Waals surface area contributed by atoms with Gasteiger partial charge in [0.2, 0.25) is 10.0 Å². The van der Waals surface area contributed by atoms with E-state index in [4.69, 9.17) is 0 Å². The summed E-state index contributed by atoms with van der Waals surface area (Å²) >= 11 is 0. The molecule has 0 fully saturated rings. The summed E-state index contributed by atoms with van der Waals surface area (Å²) in [6, 6.07) is 6.92. The largest absolute Gasteiger partial charge is 0.395 e. The van der Waals surface area contributed by atoms with Crippen molar-refractivity contribution < 1.29 is 13.5 Å². The molecule has 0 aliphatic carbocycles. The summed E-state index contributed by atoms with van der Waals surface area (Å²) in [6.07, 6.45) is 3.32. The van der Waals surface area contributed by atoms with Crippen molar-refractivity contribution in [3.05, 3.63) is 36.0 Å². The van der Waals surface area contributed by atoms with Gasteiger partial charge in [-0.15, -0.1) is 0 Å². The van der Waals surface area contributed by atoms with Gasteiger partial charge >= 0.3 is 0 Å². The second-order valence-electron chi connectivity index (χ2n) is 5.26. The van der Waals surface area contributed by atoms with Crippen LogP contribution in [0.5, 0.6) is 0 Å². The lowest BCUT2D eigenvalue weighted by molar-refractivity contribution is 0.252. The number of unbranched alkanes of at least 4 members (excludes halogenated alkanes) is 1. The monoisotopic (exact) mass is 322 g/mol. The van der Waals surface area contributed by atoms with Crippen molar-refractivity contribution in [3.8, 4) is 0 Å². The predicted octanol–water partition coefficient (Wildman–Crippen LogP) is 2.33. The van der Waals surface area contributed by atoms with E-state index >= 15 is 0 Å². The quantitative estimate of drug-likeness (QED) is 0.849. The number of nitrogens with zero attached hydrogens (tertiary/aromatic N) is 2. The first kappa shape index (κ1) is 16.9. The summed E-state index contributed by atoms with van der Waals surface area (Å²) in [6.45, 7) is 4.25. The zero-order valence-corrected chi connectivity index (χ0v) is 13.8. The van der Waals surface area contributed by atoms with Gasteiger partial charge in [-0.1, -0.05) is 19.4 Å². The third-order valence-corrected chi connectivity index (χ3v) is 5.62. The zero-order valence-electron chi connectivity index (χ0n) is 13.0. The Hall–Kier alpha value is -1.50. The second-order valence-corrected chi connectivity index (χ2v) is 7.17. The van der Waals surface area contributed by atoms with Crippen LogP contribution in [0.2, 0.25) is 0 Å². The number of benzene rings is 1. The SMILES string of the molecule is CCCCN(CCO)S(=O)(=O)c1ccc(C)c2ncccc12. The van der Waals surface area contributed by atoms with Crippen molar-refractivity contribution in [3.63, 3.8) is 0 Å². The highest BCUT2D eigenvalue weighted by Crippen LogP contribution is 2.26. The lowest BCUT2D eigenvalue weighted by Crippen LogP contribution is -2.34. The third-order valence-electron chi connectivity index (χ3n) is 3.66. The molecular weight excluding hydrogens is 300 g/mol. The van der Waals surface area contributed by atoms with E-state index in [2.05, 4.69) is 4.98 Å². The van der Waals surface area contributed by atoms with E-state index in [1.54, 1.807) is 30.5 Å². The van der Waals surface area contributed by atoms with Crippen molar-refractivity contribution in [2.45, 2.75) is 31.6 Å². The molecule has 2 rings (SSSR count). The number of aromatic nitrogens is 1. The minimum Gasteiger partial charge on any atom is -0.395 e. The fraction of sp³-hybridized carbons (Fsp3) is 0.438. The summed E-state index contributed by atoms with van der Waals surface area (Å²) in [4.78, 5) is 4.55. The van der Waals surface area contributed by atoms with E-state index in [1.807, 2.05) is 13.8 Å². The number of hydrogen-bond acceptors (Lipinski definition) is 4. The fourth-order valence-electron chi connectivity index (χ4n) is 2.45. The third kappa shape index (κ3) is 3.29. The van der Waals surface area contributed by atoms with Crippen molar-refractivity contribution in [1.29, 1.82) is 0 Å². The molecule has 0 unspecified atom stereocenters. The molecule has 1 aromatic heterocycles. The fourth-order valence-corrected chi connectivity index (χ4v) is 4.10. The number of aliphatic hydroxyl groups is 1. The van der Waals surface area contributed by atoms with Gasteiger partial charge in [-0.05, 0) is 37.1 Å². The van der Waals surface area contributed by atoms with Gasteiger partial charge in [-0.2, -0.15) is 4.31 Å². The van der Waals surface area contributed by atoms with E-state index in [-0.39, 0.29) is 18.0 Å². The first-order chi connectivity index (χ1) is 10.5. The van der Waals surface area contributed by atoms with Crippen molar-refractivity contribution >= 4 is 20.9 Å². The number of aryl methyl sites for hydroxylation is 1. The van der Waals surface area contributed by atoms with Crippen LogP contribution in [0.4, 0.5) is 0 Å². The minimum atomic E-state index is -3.65. The smallest absolute Gasteiger partial charge is 0.243 e. The van der Waals surface area contributed by atoms with Crippen LogP contribution in [0, 0.1) is 6.92 Å². The molecule has 0 saturated carbocycles. The van der Waals surface area contributed by atoms with E-state index < -0.39 is 10.0 Å². The maximum atomic E-state index is 12.9. The van der Waals surface area contributed by atoms with Gasteiger partial charge in [0.25, 0.3) is 0 Å². The molecule has 0 radical (unpaired) electrons. The van der Waals surface area contributed by atoms with Crippen LogP contribution < -0.4 is 0 Å². The van der Waals surface area contributed by atoms with Crippen LogP contribution in [-0.4, -0.2) is 42.5 Å². The molecule has 120 valence electrons. The van der Waals surface area contributed by atoms with Crippen LogP contribution in [0.1, 0.15) is 25.3 Å². The topological polar surface area (TPSA) is 70.5 Å². The molecule has 0 spiro atoms. The Bertz CT molecular complexity index is 744. The maximum Gasteiger partial charge on any atom is 0.243 e. The molecule has 0 amide bonds. The van der Waals surface area contributed by atoms with Crippen molar-refractivity contribution in [2.75, 3.05) is 19.7 Å². The van der Waals surface area contributed by atoms with Gasteiger partial charge in [0, 0.05) is 24.7 Å². The number of hydrogen-bond donors (Lipinski definition) is 1. The lowest BCUT2D eigenvalue weighted by Gasteiger charge is -2.22. The lowest BCUT2D eigenvalue weighted by atomic mass is 10.1. The average Bonchev–Trinajstić information content (AvgIpc) is 2.51. The van der Waals surface area contributed by atoms with Crippen molar-refractivity contribution in [1.82, 2.24) is 9.29 Å². The van der Waals surface area contributed by atoms with Gasteiger partial charge in [-0.25, -0.2) is 8.42 Å². The summed E-state index contributed by atoms with van der Waals surface area (Å²) in [5, 5.41) is 9.81. The normalized spacial score (nSPS) is 12.2. The highest BCUT2D eigenvalue weighted by molar-refractivity contribution is 7.89. The van der Waals surface area contributed by atoms with Crippen LogP contribution in [0.25, 0.3) is 10.9 Å². The van der Waals surface area contributed by atoms with Gasteiger partial charge in [-0.3, -0.25) is 4.98 Å².